The Bertz CT molecular complexity index is 2000. The van der Waals surface area contributed by atoms with E-state index in [9.17, 15) is 9.59 Å². The molecule has 1 amide bonds. The highest BCUT2D eigenvalue weighted by molar-refractivity contribution is 6.04. The van der Waals surface area contributed by atoms with Crippen molar-refractivity contribution in [3.8, 4) is 17.5 Å². The van der Waals surface area contributed by atoms with Crippen LogP contribution in [0.25, 0.3) is 22.2 Å². The van der Waals surface area contributed by atoms with Crippen molar-refractivity contribution >= 4 is 28.3 Å². The number of rotatable bonds is 4. The van der Waals surface area contributed by atoms with E-state index in [2.05, 4.69) is 27.2 Å². The van der Waals surface area contributed by atoms with E-state index in [1.54, 1.807) is 31.5 Å². The van der Waals surface area contributed by atoms with Gasteiger partial charge in [0.1, 0.15) is 11.4 Å². The molecule has 0 radical (unpaired) electrons. The predicted octanol–water partition coefficient (Wildman–Crippen LogP) is 3.90. The Kier molecular flexibility index (Phi) is 6.26. The lowest BCUT2D eigenvalue weighted by Crippen LogP contribution is -2.33. The quantitative estimate of drug-likeness (QED) is 0.337. The van der Waals surface area contributed by atoms with Crippen LogP contribution < -0.4 is 16.6 Å². The van der Waals surface area contributed by atoms with Crippen LogP contribution in [0, 0.1) is 11.8 Å². The molecule has 0 aliphatic heterocycles. The number of amides is 1. The van der Waals surface area contributed by atoms with Crippen molar-refractivity contribution < 1.29 is 4.79 Å². The Morgan fingerprint density at radius 2 is 1.70 bits per heavy atom. The van der Waals surface area contributed by atoms with E-state index in [-0.39, 0.29) is 16.9 Å². The molecule has 0 saturated heterocycles. The smallest absolute Gasteiger partial charge is 0.267 e. The first kappa shape index (κ1) is 24.6. The summed E-state index contributed by atoms with van der Waals surface area (Å²) in [5.41, 5.74) is 8.75. The zero-order valence-corrected chi connectivity index (χ0v) is 21.4. The Balaban J connectivity index is 1.48. The van der Waals surface area contributed by atoms with Crippen LogP contribution in [0.1, 0.15) is 40.3 Å². The van der Waals surface area contributed by atoms with E-state index in [0.29, 0.717) is 33.6 Å². The Hall–Kier alpha value is -5.75. The molecule has 0 bridgehead atoms. The summed E-state index contributed by atoms with van der Waals surface area (Å²) in [7, 11) is 0. The second kappa shape index (κ2) is 10.2. The number of nitrogens with zero attached hydrogens (tertiary/aromatic N) is 5. The number of hydrogen-bond donors (Lipinski definition) is 2. The molecule has 9 heteroatoms. The molecule has 6 aromatic rings. The van der Waals surface area contributed by atoms with Gasteiger partial charge in [0.15, 0.2) is 11.5 Å². The van der Waals surface area contributed by atoms with Crippen molar-refractivity contribution in [1.29, 1.82) is 0 Å². The maximum Gasteiger partial charge on any atom is 0.267 e. The van der Waals surface area contributed by atoms with Gasteiger partial charge in [-0.1, -0.05) is 54.3 Å². The van der Waals surface area contributed by atoms with E-state index in [1.807, 2.05) is 72.8 Å². The Morgan fingerprint density at radius 1 is 0.950 bits per heavy atom. The molecule has 194 valence electrons. The number of fused-ring (bicyclic) bond motifs is 2. The molecule has 1 atom stereocenters. The topological polar surface area (TPSA) is 120 Å². The van der Waals surface area contributed by atoms with Gasteiger partial charge in [0.25, 0.3) is 11.5 Å². The molecule has 0 fully saturated rings. The normalized spacial score (nSPS) is 11.6. The first-order chi connectivity index (χ1) is 19.5. The summed E-state index contributed by atoms with van der Waals surface area (Å²) in [6.45, 7) is 1.76. The molecule has 9 nitrogen and oxygen atoms in total. The van der Waals surface area contributed by atoms with Crippen LogP contribution in [0.15, 0.2) is 102 Å². The van der Waals surface area contributed by atoms with Gasteiger partial charge < -0.3 is 11.1 Å². The number of benzene rings is 3. The maximum absolute atomic E-state index is 14.1. The van der Waals surface area contributed by atoms with Gasteiger partial charge in [-0.3, -0.25) is 14.2 Å². The van der Waals surface area contributed by atoms with Crippen LogP contribution in [-0.4, -0.2) is 30.1 Å². The molecular formula is C31H23N7O2. The molecule has 0 aliphatic carbocycles. The molecule has 0 aliphatic rings. The maximum atomic E-state index is 14.1. The van der Waals surface area contributed by atoms with E-state index >= 15 is 0 Å². The highest BCUT2D eigenvalue weighted by Crippen LogP contribution is 2.22. The number of nitrogens with two attached hydrogens (primary N) is 1. The lowest BCUT2D eigenvalue weighted by atomic mass is 10.1. The molecule has 0 saturated carbocycles. The van der Waals surface area contributed by atoms with Gasteiger partial charge in [0, 0.05) is 23.5 Å². The SMILES string of the molecule is C[C@@H](NC(=O)c1c(N)nn2cccnc12)c1nc2cccc(C#Cc3ccccc3)c2c(=O)n1-c1ccccc1. The first-order valence-electron chi connectivity index (χ1n) is 12.6. The highest BCUT2D eigenvalue weighted by Gasteiger charge is 2.24. The third kappa shape index (κ3) is 4.44. The van der Waals surface area contributed by atoms with Gasteiger partial charge in [0.2, 0.25) is 0 Å². The third-order valence-corrected chi connectivity index (χ3v) is 6.44. The molecule has 6 rings (SSSR count). The van der Waals surface area contributed by atoms with Crippen molar-refractivity contribution in [3.63, 3.8) is 0 Å². The molecule has 3 heterocycles. The fourth-order valence-corrected chi connectivity index (χ4v) is 4.58. The molecule has 3 aromatic heterocycles. The zero-order chi connectivity index (χ0) is 27.6. The number of nitrogens with one attached hydrogen (secondary N) is 1. The summed E-state index contributed by atoms with van der Waals surface area (Å²) in [6, 6.07) is 25.2. The lowest BCUT2D eigenvalue weighted by molar-refractivity contribution is 0.0940. The van der Waals surface area contributed by atoms with Crippen LogP contribution in [0.4, 0.5) is 5.82 Å². The third-order valence-electron chi connectivity index (χ3n) is 6.44. The summed E-state index contributed by atoms with van der Waals surface area (Å²) in [5.74, 6) is 6.20. The molecule has 3 N–H and O–H groups in total. The second-order valence-electron chi connectivity index (χ2n) is 9.11. The van der Waals surface area contributed by atoms with Gasteiger partial charge in [-0.2, -0.15) is 0 Å². The van der Waals surface area contributed by atoms with Crippen molar-refractivity contribution in [1.82, 2.24) is 29.5 Å². The average molecular weight is 526 g/mol. The summed E-state index contributed by atoms with van der Waals surface area (Å²) < 4.78 is 2.96. The Morgan fingerprint density at radius 3 is 2.48 bits per heavy atom. The number of aromatic nitrogens is 5. The number of carbonyl (C=O) groups is 1. The second-order valence-corrected chi connectivity index (χ2v) is 9.11. The number of carbonyl (C=O) groups excluding carboxylic acids is 1. The van der Waals surface area contributed by atoms with Gasteiger partial charge in [-0.25, -0.2) is 14.5 Å². The molecule has 0 unspecified atom stereocenters. The van der Waals surface area contributed by atoms with Crippen molar-refractivity contribution in [3.05, 3.63) is 130 Å². The number of hydrogen-bond acceptors (Lipinski definition) is 6. The summed E-state index contributed by atoms with van der Waals surface area (Å²) in [6.07, 6.45) is 3.22. The number of anilines is 1. The van der Waals surface area contributed by atoms with Gasteiger partial charge in [0.05, 0.1) is 22.6 Å². The van der Waals surface area contributed by atoms with E-state index in [0.717, 1.165) is 5.56 Å². The van der Waals surface area contributed by atoms with Crippen LogP contribution in [-0.2, 0) is 0 Å². The first-order valence-corrected chi connectivity index (χ1v) is 12.6. The fraction of sp³-hybridized carbons (Fsp3) is 0.0645. The van der Waals surface area contributed by atoms with Crippen molar-refractivity contribution in [2.45, 2.75) is 13.0 Å². The Labute approximate surface area is 228 Å². The van der Waals surface area contributed by atoms with E-state index in [1.165, 1.54) is 9.08 Å². The molecule has 0 spiro atoms. The number of nitrogen functional groups attached to an aromatic ring is 1. The van der Waals surface area contributed by atoms with Crippen LogP contribution in [0.3, 0.4) is 0 Å². The van der Waals surface area contributed by atoms with Gasteiger partial charge in [-0.15, -0.1) is 5.10 Å². The standard InChI is InChI=1S/C31H23N7O2/c1-20(34-30(39)26-27(32)36-37-19-9-18-33-29(26)37)28-35-24-15-8-12-22(17-16-21-10-4-2-5-11-21)25(24)31(40)38(28)23-13-6-3-7-14-23/h2-15,18-20H,1H3,(H2,32,36)(H,34,39)/t20-/m1/s1. The number of para-hydroxylation sites is 1. The highest BCUT2D eigenvalue weighted by atomic mass is 16.2. The fourth-order valence-electron chi connectivity index (χ4n) is 4.58. The van der Waals surface area contributed by atoms with Crippen LogP contribution in [0.2, 0.25) is 0 Å². The minimum Gasteiger partial charge on any atom is -0.381 e. The average Bonchev–Trinajstić information content (AvgIpc) is 3.32. The van der Waals surface area contributed by atoms with E-state index in [4.69, 9.17) is 10.7 Å². The van der Waals surface area contributed by atoms with Crippen molar-refractivity contribution in [2.75, 3.05) is 5.73 Å². The molecular weight excluding hydrogens is 502 g/mol. The summed E-state index contributed by atoms with van der Waals surface area (Å²) in [5, 5.41) is 7.50. The zero-order valence-electron chi connectivity index (χ0n) is 21.4. The van der Waals surface area contributed by atoms with Gasteiger partial charge in [-0.05, 0) is 49.4 Å². The molecule has 3 aromatic carbocycles. The monoisotopic (exact) mass is 525 g/mol. The summed E-state index contributed by atoms with van der Waals surface area (Å²) >= 11 is 0. The largest absolute Gasteiger partial charge is 0.381 e. The van der Waals surface area contributed by atoms with Crippen LogP contribution in [0.5, 0.6) is 0 Å². The minimum atomic E-state index is -0.679. The van der Waals surface area contributed by atoms with Gasteiger partial charge >= 0.3 is 0 Å². The van der Waals surface area contributed by atoms with Crippen LogP contribution >= 0.6 is 0 Å². The molecule has 40 heavy (non-hydrogen) atoms. The van der Waals surface area contributed by atoms with Crippen molar-refractivity contribution in [2.24, 2.45) is 0 Å². The minimum absolute atomic E-state index is 0.0527. The predicted molar refractivity (Wildman–Crippen MR) is 153 cm³/mol. The summed E-state index contributed by atoms with van der Waals surface area (Å²) in [4.78, 5) is 36.6. The lowest BCUT2D eigenvalue weighted by Gasteiger charge is -2.20. The van der Waals surface area contributed by atoms with E-state index < -0.39 is 11.9 Å².